The molecule has 0 radical (unpaired) electrons. The smallest absolute Gasteiger partial charge is 0.396 e. The van der Waals surface area contributed by atoms with E-state index in [-0.39, 0.29) is 12.5 Å². The van der Waals surface area contributed by atoms with Crippen molar-refractivity contribution in [2.45, 2.75) is 45.3 Å². The molecule has 0 aromatic rings. The lowest BCUT2D eigenvalue weighted by Crippen LogP contribution is -2.46. The van der Waals surface area contributed by atoms with E-state index in [1.165, 1.54) is 6.92 Å². The second-order valence-electron chi connectivity index (χ2n) is 4.63. The summed E-state index contributed by atoms with van der Waals surface area (Å²) in [4.78, 5) is 11.4. The van der Waals surface area contributed by atoms with Gasteiger partial charge in [0.1, 0.15) is 6.54 Å². The fraction of sp³-hybridized carbons (Fsp3) is 0.917. The van der Waals surface area contributed by atoms with Crippen molar-refractivity contribution in [1.82, 2.24) is 10.6 Å². The second kappa shape index (κ2) is 9.14. The Morgan fingerprint density at radius 3 is 2.42 bits per heavy atom. The zero-order chi connectivity index (χ0) is 14.9. The number of halogens is 3. The van der Waals surface area contributed by atoms with Gasteiger partial charge in [-0.2, -0.15) is 13.2 Å². The molecule has 0 heterocycles. The summed E-state index contributed by atoms with van der Waals surface area (Å²) in [6.45, 7) is 2.81. The molecular weight excluding hydrogens is 261 g/mol. The first-order chi connectivity index (χ1) is 8.80. The third kappa shape index (κ3) is 9.72. The van der Waals surface area contributed by atoms with E-state index in [2.05, 4.69) is 5.32 Å². The van der Waals surface area contributed by atoms with Crippen molar-refractivity contribution in [1.29, 1.82) is 0 Å². The molecule has 2 unspecified atom stereocenters. The van der Waals surface area contributed by atoms with E-state index in [1.807, 2.05) is 12.2 Å². The summed E-state index contributed by atoms with van der Waals surface area (Å²) in [5.74, 6) is -0.440. The molecule has 0 rings (SSSR count). The standard InChI is InChI=1S/C12H23F3N2O2/c1-3-4-10(5-6-18)7-16-9(2)11(19)17-8-12(13,14)15/h9-10,16,18H,3-8H2,1-2H3,(H,17,19). The molecule has 0 aliphatic rings. The van der Waals surface area contributed by atoms with E-state index in [4.69, 9.17) is 5.11 Å². The third-order valence-electron chi connectivity index (χ3n) is 2.80. The van der Waals surface area contributed by atoms with Crippen molar-refractivity contribution >= 4 is 5.91 Å². The molecule has 0 aliphatic heterocycles. The van der Waals surface area contributed by atoms with Gasteiger partial charge in [-0.05, 0) is 32.2 Å². The Morgan fingerprint density at radius 1 is 1.32 bits per heavy atom. The lowest BCUT2D eigenvalue weighted by atomic mass is 10.00. The molecule has 7 heteroatoms. The Balaban J connectivity index is 4.00. The van der Waals surface area contributed by atoms with Gasteiger partial charge in [0.2, 0.25) is 5.91 Å². The maximum Gasteiger partial charge on any atom is 0.405 e. The molecule has 2 atom stereocenters. The van der Waals surface area contributed by atoms with E-state index in [0.29, 0.717) is 13.0 Å². The maximum atomic E-state index is 11.9. The van der Waals surface area contributed by atoms with E-state index in [0.717, 1.165) is 12.8 Å². The monoisotopic (exact) mass is 284 g/mol. The van der Waals surface area contributed by atoms with Gasteiger partial charge in [0.15, 0.2) is 0 Å². The molecule has 0 aliphatic carbocycles. The first-order valence-corrected chi connectivity index (χ1v) is 6.48. The normalized spacial score (nSPS) is 15.1. The fourth-order valence-electron chi connectivity index (χ4n) is 1.72. The van der Waals surface area contributed by atoms with E-state index >= 15 is 0 Å². The van der Waals surface area contributed by atoms with Crippen LogP contribution in [0, 0.1) is 5.92 Å². The predicted octanol–water partition coefficient (Wildman–Crippen LogP) is 1.44. The van der Waals surface area contributed by atoms with Crippen LogP contribution in [0.25, 0.3) is 0 Å². The number of nitrogens with one attached hydrogen (secondary N) is 2. The van der Waals surface area contributed by atoms with E-state index in [9.17, 15) is 18.0 Å². The summed E-state index contributed by atoms with van der Waals surface area (Å²) in [6.07, 6.45) is -1.90. The summed E-state index contributed by atoms with van der Waals surface area (Å²) in [7, 11) is 0. The SMILES string of the molecule is CCCC(CCO)CNC(C)C(=O)NCC(F)(F)F. The highest BCUT2D eigenvalue weighted by molar-refractivity contribution is 5.81. The Bertz CT molecular complexity index is 254. The highest BCUT2D eigenvalue weighted by Crippen LogP contribution is 2.12. The van der Waals surface area contributed by atoms with Crippen LogP contribution in [0.5, 0.6) is 0 Å². The first-order valence-electron chi connectivity index (χ1n) is 6.48. The average molecular weight is 284 g/mol. The van der Waals surface area contributed by atoms with E-state index in [1.54, 1.807) is 0 Å². The number of carbonyl (C=O) groups excluding carboxylic acids is 1. The molecule has 0 aromatic carbocycles. The molecule has 0 aromatic heterocycles. The molecular formula is C12H23F3N2O2. The molecule has 0 bridgehead atoms. The number of carbonyl (C=O) groups is 1. The molecule has 1 amide bonds. The summed E-state index contributed by atoms with van der Waals surface area (Å²) in [5.41, 5.74) is 0. The van der Waals surface area contributed by atoms with Crippen LogP contribution in [0.3, 0.4) is 0 Å². The number of hydrogen-bond donors (Lipinski definition) is 3. The molecule has 19 heavy (non-hydrogen) atoms. The van der Waals surface area contributed by atoms with Crippen molar-refractivity contribution in [3.8, 4) is 0 Å². The quantitative estimate of drug-likeness (QED) is 0.600. The van der Waals surface area contributed by atoms with Crippen LogP contribution in [0.1, 0.15) is 33.1 Å². The van der Waals surface area contributed by atoms with Gasteiger partial charge in [-0.15, -0.1) is 0 Å². The van der Waals surface area contributed by atoms with Gasteiger partial charge in [-0.25, -0.2) is 0 Å². The van der Waals surface area contributed by atoms with Gasteiger partial charge in [-0.3, -0.25) is 4.79 Å². The Morgan fingerprint density at radius 2 is 1.95 bits per heavy atom. The first kappa shape index (κ1) is 18.2. The van der Waals surface area contributed by atoms with Crippen molar-refractivity contribution in [3.63, 3.8) is 0 Å². The third-order valence-corrected chi connectivity index (χ3v) is 2.80. The molecule has 0 saturated heterocycles. The highest BCUT2D eigenvalue weighted by Gasteiger charge is 2.28. The molecule has 0 fully saturated rings. The van der Waals surface area contributed by atoms with Gasteiger partial charge in [-0.1, -0.05) is 13.3 Å². The summed E-state index contributed by atoms with van der Waals surface area (Å²) in [5, 5.41) is 13.6. The highest BCUT2D eigenvalue weighted by atomic mass is 19.4. The zero-order valence-corrected chi connectivity index (χ0v) is 11.4. The van der Waals surface area contributed by atoms with Gasteiger partial charge in [0.05, 0.1) is 6.04 Å². The summed E-state index contributed by atoms with van der Waals surface area (Å²) in [6, 6.07) is -0.680. The topological polar surface area (TPSA) is 61.4 Å². The van der Waals surface area contributed by atoms with Gasteiger partial charge in [0.25, 0.3) is 0 Å². The fourth-order valence-corrected chi connectivity index (χ4v) is 1.72. The molecule has 4 nitrogen and oxygen atoms in total. The lowest BCUT2D eigenvalue weighted by molar-refractivity contribution is -0.139. The number of alkyl halides is 3. The number of amides is 1. The van der Waals surface area contributed by atoms with Crippen molar-refractivity contribution < 1.29 is 23.1 Å². The van der Waals surface area contributed by atoms with Crippen LogP contribution in [-0.2, 0) is 4.79 Å². The van der Waals surface area contributed by atoms with Crippen molar-refractivity contribution in [3.05, 3.63) is 0 Å². The Hall–Kier alpha value is -0.820. The predicted molar refractivity (Wildman–Crippen MR) is 66.6 cm³/mol. The summed E-state index contributed by atoms with van der Waals surface area (Å²) >= 11 is 0. The summed E-state index contributed by atoms with van der Waals surface area (Å²) < 4.78 is 35.8. The van der Waals surface area contributed by atoms with Gasteiger partial charge in [0, 0.05) is 6.61 Å². The number of aliphatic hydroxyl groups excluding tert-OH is 1. The number of hydrogen-bond acceptors (Lipinski definition) is 3. The average Bonchev–Trinajstić information content (AvgIpc) is 2.32. The minimum absolute atomic E-state index is 0.0704. The van der Waals surface area contributed by atoms with Crippen LogP contribution in [-0.4, -0.2) is 42.9 Å². The maximum absolute atomic E-state index is 11.9. The van der Waals surface area contributed by atoms with Crippen molar-refractivity contribution in [2.24, 2.45) is 5.92 Å². The molecule has 114 valence electrons. The largest absolute Gasteiger partial charge is 0.405 e. The number of aliphatic hydroxyl groups is 1. The van der Waals surface area contributed by atoms with Gasteiger partial charge < -0.3 is 15.7 Å². The van der Waals surface area contributed by atoms with Crippen LogP contribution >= 0.6 is 0 Å². The molecule has 0 spiro atoms. The minimum Gasteiger partial charge on any atom is -0.396 e. The second-order valence-corrected chi connectivity index (χ2v) is 4.63. The van der Waals surface area contributed by atoms with Crippen LogP contribution in [0.4, 0.5) is 13.2 Å². The minimum atomic E-state index is -4.39. The van der Waals surface area contributed by atoms with Crippen LogP contribution in [0.2, 0.25) is 0 Å². The zero-order valence-electron chi connectivity index (χ0n) is 11.4. The Labute approximate surface area is 111 Å². The van der Waals surface area contributed by atoms with Crippen LogP contribution < -0.4 is 10.6 Å². The van der Waals surface area contributed by atoms with Crippen molar-refractivity contribution in [2.75, 3.05) is 19.7 Å². The number of rotatable bonds is 9. The Kier molecular flexibility index (Phi) is 8.75. The van der Waals surface area contributed by atoms with Crippen LogP contribution in [0.15, 0.2) is 0 Å². The van der Waals surface area contributed by atoms with E-state index < -0.39 is 24.7 Å². The lowest BCUT2D eigenvalue weighted by Gasteiger charge is -2.19. The van der Waals surface area contributed by atoms with Gasteiger partial charge >= 0.3 is 6.18 Å². The molecule has 3 N–H and O–H groups in total. The molecule has 0 saturated carbocycles.